The SMILES string of the molecule is CCCNC(=O)[C@H](C)N(Cc1ccc(Br)cc1)C(=O)CN(c1ccc(F)c(Cl)c1)S(=O)(=O)c1ccccc1. The zero-order valence-corrected chi connectivity index (χ0v) is 24.1. The van der Waals surface area contributed by atoms with E-state index in [-0.39, 0.29) is 28.1 Å². The van der Waals surface area contributed by atoms with Crippen LogP contribution in [-0.2, 0) is 26.2 Å². The van der Waals surface area contributed by atoms with Crippen molar-refractivity contribution >= 4 is 55.1 Å². The van der Waals surface area contributed by atoms with Crippen LogP contribution < -0.4 is 9.62 Å². The summed E-state index contributed by atoms with van der Waals surface area (Å²) >= 11 is 9.34. The van der Waals surface area contributed by atoms with Crippen molar-refractivity contribution in [2.45, 2.75) is 37.8 Å². The van der Waals surface area contributed by atoms with E-state index >= 15 is 0 Å². The van der Waals surface area contributed by atoms with Crippen molar-refractivity contribution in [1.29, 1.82) is 0 Å². The third-order valence-corrected chi connectivity index (χ3v) is 8.39. The minimum Gasteiger partial charge on any atom is -0.354 e. The maximum atomic E-state index is 13.9. The summed E-state index contributed by atoms with van der Waals surface area (Å²) in [6.07, 6.45) is 0.716. The first-order valence-corrected chi connectivity index (χ1v) is 14.5. The number of benzene rings is 3. The van der Waals surface area contributed by atoms with E-state index < -0.39 is 34.3 Å². The fraction of sp³-hybridized carbons (Fsp3) is 0.259. The Hall–Kier alpha value is -2.95. The number of rotatable bonds is 11. The van der Waals surface area contributed by atoms with Crippen LogP contribution in [0, 0.1) is 5.82 Å². The first-order valence-electron chi connectivity index (χ1n) is 11.9. The summed E-state index contributed by atoms with van der Waals surface area (Å²) < 4.78 is 43.0. The molecule has 11 heteroatoms. The normalized spacial score (nSPS) is 12.0. The Morgan fingerprint density at radius 2 is 1.71 bits per heavy atom. The van der Waals surface area contributed by atoms with Gasteiger partial charge in [-0.2, -0.15) is 0 Å². The van der Waals surface area contributed by atoms with Crippen LogP contribution in [0.2, 0.25) is 5.02 Å². The van der Waals surface area contributed by atoms with Gasteiger partial charge in [-0.25, -0.2) is 12.8 Å². The zero-order valence-electron chi connectivity index (χ0n) is 20.9. The number of carbonyl (C=O) groups excluding carboxylic acids is 2. The van der Waals surface area contributed by atoms with Crippen molar-refractivity contribution in [2.75, 3.05) is 17.4 Å². The van der Waals surface area contributed by atoms with E-state index in [0.717, 1.165) is 26.5 Å². The molecule has 0 spiro atoms. The summed E-state index contributed by atoms with van der Waals surface area (Å²) in [4.78, 5) is 27.9. The van der Waals surface area contributed by atoms with Crippen LogP contribution >= 0.6 is 27.5 Å². The van der Waals surface area contributed by atoms with E-state index in [4.69, 9.17) is 11.6 Å². The molecule has 0 radical (unpaired) electrons. The molecule has 1 atom stereocenters. The third kappa shape index (κ3) is 7.33. The molecule has 0 saturated carbocycles. The van der Waals surface area contributed by atoms with Gasteiger partial charge in [-0.3, -0.25) is 13.9 Å². The highest BCUT2D eigenvalue weighted by molar-refractivity contribution is 9.10. The van der Waals surface area contributed by atoms with E-state index in [9.17, 15) is 22.4 Å². The molecule has 0 aliphatic carbocycles. The second-order valence-electron chi connectivity index (χ2n) is 8.54. The van der Waals surface area contributed by atoms with Crippen LogP contribution in [0.15, 0.2) is 82.2 Å². The highest BCUT2D eigenvalue weighted by Crippen LogP contribution is 2.28. The molecule has 0 unspecified atom stereocenters. The summed E-state index contributed by atoms with van der Waals surface area (Å²) in [5, 5.41) is 2.50. The van der Waals surface area contributed by atoms with Crippen LogP contribution in [0.1, 0.15) is 25.8 Å². The van der Waals surface area contributed by atoms with E-state index in [2.05, 4.69) is 21.2 Å². The van der Waals surface area contributed by atoms with Crippen LogP contribution in [0.25, 0.3) is 0 Å². The average Bonchev–Trinajstić information content (AvgIpc) is 2.91. The molecule has 3 aromatic rings. The molecular formula is C27H28BrClFN3O4S. The van der Waals surface area contributed by atoms with Crippen molar-refractivity contribution in [3.63, 3.8) is 0 Å². The number of halogens is 3. The second kappa shape index (κ2) is 13.2. The molecule has 7 nitrogen and oxygen atoms in total. The number of amides is 2. The van der Waals surface area contributed by atoms with Crippen molar-refractivity contribution in [3.05, 3.63) is 93.7 Å². The third-order valence-electron chi connectivity index (χ3n) is 5.78. The van der Waals surface area contributed by atoms with Gasteiger partial charge in [0.15, 0.2) is 0 Å². The molecule has 2 amide bonds. The first-order chi connectivity index (χ1) is 18.0. The fourth-order valence-electron chi connectivity index (χ4n) is 3.65. The van der Waals surface area contributed by atoms with Gasteiger partial charge in [0.05, 0.1) is 15.6 Å². The molecule has 0 fully saturated rings. The van der Waals surface area contributed by atoms with E-state index in [1.54, 1.807) is 37.3 Å². The van der Waals surface area contributed by atoms with Gasteiger partial charge in [-0.05, 0) is 61.4 Å². The Balaban J connectivity index is 2.02. The molecule has 0 bridgehead atoms. The van der Waals surface area contributed by atoms with Crippen LogP contribution in [0.5, 0.6) is 0 Å². The van der Waals surface area contributed by atoms with Gasteiger partial charge in [-0.1, -0.05) is 64.8 Å². The summed E-state index contributed by atoms with van der Waals surface area (Å²) in [6.45, 7) is 3.37. The van der Waals surface area contributed by atoms with E-state index in [1.807, 2.05) is 19.1 Å². The Morgan fingerprint density at radius 3 is 2.32 bits per heavy atom. The van der Waals surface area contributed by atoms with E-state index in [0.29, 0.717) is 13.0 Å². The maximum Gasteiger partial charge on any atom is 0.264 e. The molecule has 0 heterocycles. The van der Waals surface area contributed by atoms with Gasteiger partial charge < -0.3 is 10.2 Å². The molecule has 3 aromatic carbocycles. The Morgan fingerprint density at radius 1 is 1.05 bits per heavy atom. The summed E-state index contributed by atoms with van der Waals surface area (Å²) in [5.74, 6) is -1.71. The molecule has 1 N–H and O–H groups in total. The van der Waals surface area contributed by atoms with Crippen LogP contribution in [-0.4, -0.2) is 44.3 Å². The van der Waals surface area contributed by atoms with Gasteiger partial charge in [0, 0.05) is 17.6 Å². The van der Waals surface area contributed by atoms with Crippen molar-refractivity contribution < 1.29 is 22.4 Å². The van der Waals surface area contributed by atoms with E-state index in [1.165, 1.54) is 23.1 Å². The topological polar surface area (TPSA) is 86.8 Å². The monoisotopic (exact) mass is 623 g/mol. The van der Waals surface area contributed by atoms with Gasteiger partial charge in [0.25, 0.3) is 10.0 Å². The maximum absolute atomic E-state index is 13.9. The molecule has 0 saturated heterocycles. The Bertz CT molecular complexity index is 1370. The smallest absolute Gasteiger partial charge is 0.264 e. The minimum atomic E-state index is -4.25. The van der Waals surface area contributed by atoms with Gasteiger partial charge in [0.1, 0.15) is 18.4 Å². The Labute approximate surface area is 235 Å². The summed E-state index contributed by atoms with van der Waals surface area (Å²) in [5.41, 5.74) is 0.763. The second-order valence-corrected chi connectivity index (χ2v) is 11.7. The number of sulfonamides is 1. The average molecular weight is 625 g/mol. The van der Waals surface area contributed by atoms with Crippen molar-refractivity contribution in [1.82, 2.24) is 10.2 Å². The summed E-state index contributed by atoms with van der Waals surface area (Å²) in [6, 6.07) is 17.4. The number of nitrogens with zero attached hydrogens (tertiary/aromatic N) is 2. The zero-order chi connectivity index (χ0) is 27.9. The molecular weight excluding hydrogens is 597 g/mol. The van der Waals surface area contributed by atoms with Crippen molar-refractivity contribution in [2.24, 2.45) is 0 Å². The van der Waals surface area contributed by atoms with Crippen molar-refractivity contribution in [3.8, 4) is 0 Å². The van der Waals surface area contributed by atoms with Gasteiger partial charge in [0.2, 0.25) is 11.8 Å². The molecule has 0 aliphatic heterocycles. The predicted octanol–water partition coefficient (Wildman–Crippen LogP) is 5.38. The molecule has 202 valence electrons. The van der Waals surface area contributed by atoms with Gasteiger partial charge >= 0.3 is 0 Å². The standard InChI is InChI=1S/C27H28BrClFN3O4S/c1-3-15-31-27(35)19(2)32(17-20-9-11-21(28)12-10-20)26(34)18-33(22-13-14-25(30)24(29)16-22)38(36,37)23-7-5-4-6-8-23/h4-14,16,19H,3,15,17-18H2,1-2H3,(H,31,35)/t19-/m0/s1. The van der Waals surface area contributed by atoms with Crippen LogP contribution in [0.4, 0.5) is 10.1 Å². The lowest BCUT2D eigenvalue weighted by Gasteiger charge is -2.32. The number of anilines is 1. The highest BCUT2D eigenvalue weighted by atomic mass is 79.9. The lowest BCUT2D eigenvalue weighted by Crippen LogP contribution is -2.51. The fourth-order valence-corrected chi connectivity index (χ4v) is 5.52. The minimum absolute atomic E-state index is 0.0142. The molecule has 0 aliphatic rings. The number of hydrogen-bond donors (Lipinski definition) is 1. The molecule has 3 rings (SSSR count). The number of hydrogen-bond acceptors (Lipinski definition) is 4. The predicted molar refractivity (Wildman–Crippen MR) is 150 cm³/mol. The first kappa shape index (κ1) is 29.6. The number of carbonyl (C=O) groups is 2. The van der Waals surface area contributed by atoms with Crippen LogP contribution in [0.3, 0.4) is 0 Å². The highest BCUT2D eigenvalue weighted by Gasteiger charge is 2.32. The lowest BCUT2D eigenvalue weighted by molar-refractivity contribution is -0.139. The largest absolute Gasteiger partial charge is 0.354 e. The molecule has 0 aromatic heterocycles. The summed E-state index contributed by atoms with van der Waals surface area (Å²) in [7, 11) is -4.25. The quantitative estimate of drug-likeness (QED) is 0.310. The van der Waals surface area contributed by atoms with Gasteiger partial charge in [-0.15, -0.1) is 0 Å². The Kier molecular flexibility index (Phi) is 10.3. The molecule has 38 heavy (non-hydrogen) atoms. The lowest BCUT2D eigenvalue weighted by atomic mass is 10.1. The number of nitrogens with one attached hydrogen (secondary N) is 1.